The van der Waals surface area contributed by atoms with Gasteiger partial charge in [0.1, 0.15) is 5.58 Å². The summed E-state index contributed by atoms with van der Waals surface area (Å²) in [5.41, 5.74) is 2.85. The van der Waals surface area contributed by atoms with Gasteiger partial charge in [0.2, 0.25) is 5.69 Å². The van der Waals surface area contributed by atoms with Crippen LogP contribution in [0.25, 0.3) is 22.1 Å². The van der Waals surface area contributed by atoms with E-state index in [1.165, 1.54) is 0 Å². The minimum atomic E-state index is -0.733. The molecule has 0 saturated carbocycles. The van der Waals surface area contributed by atoms with E-state index in [1.807, 2.05) is 61.5 Å². The Hall–Kier alpha value is -3.73. The Bertz CT molecular complexity index is 1210. The molecule has 0 fully saturated rings. The van der Waals surface area contributed by atoms with Gasteiger partial charge in [-0.15, -0.1) is 5.11 Å². The van der Waals surface area contributed by atoms with E-state index < -0.39 is 5.63 Å². The molecule has 5 heteroatoms. The monoisotopic (exact) mass is 356 g/mol. The third kappa shape index (κ3) is 3.35. The van der Waals surface area contributed by atoms with Crippen molar-refractivity contribution in [1.29, 1.82) is 0 Å². The highest BCUT2D eigenvalue weighted by molar-refractivity contribution is 5.91. The van der Waals surface area contributed by atoms with E-state index in [0.29, 0.717) is 16.7 Å². The summed E-state index contributed by atoms with van der Waals surface area (Å²) in [5.74, 6) is -0.240. The predicted octanol–water partition coefficient (Wildman–Crippen LogP) is 5.89. The van der Waals surface area contributed by atoms with Gasteiger partial charge in [-0.25, -0.2) is 4.79 Å². The number of aryl methyl sites for hydroxylation is 1. The number of benzene rings is 3. The number of hydrogen-bond donors (Lipinski definition) is 1. The number of azo groups is 1. The van der Waals surface area contributed by atoms with Crippen LogP contribution >= 0.6 is 0 Å². The van der Waals surface area contributed by atoms with Gasteiger partial charge >= 0.3 is 5.63 Å². The Morgan fingerprint density at radius 3 is 2.44 bits per heavy atom. The molecule has 132 valence electrons. The summed E-state index contributed by atoms with van der Waals surface area (Å²) in [6, 6.07) is 22.4. The second-order valence-corrected chi connectivity index (χ2v) is 6.20. The highest BCUT2D eigenvalue weighted by Crippen LogP contribution is 2.35. The number of fused-ring (bicyclic) bond motifs is 1. The lowest BCUT2D eigenvalue weighted by Crippen LogP contribution is -1.98. The summed E-state index contributed by atoms with van der Waals surface area (Å²) < 4.78 is 5.31. The standard InChI is InChI=1S/C22H16N2O3/c1-14-6-5-9-17(12-14)23-24-20-21(25)18-13-16(15-7-3-2-4-8-15)10-11-19(18)27-22(20)26/h2-13,25H,1H3. The normalized spacial score (nSPS) is 11.3. The summed E-state index contributed by atoms with van der Waals surface area (Å²) in [4.78, 5) is 12.2. The second-order valence-electron chi connectivity index (χ2n) is 6.20. The molecule has 1 N–H and O–H groups in total. The molecular formula is C22H16N2O3. The van der Waals surface area contributed by atoms with Crippen LogP contribution in [0.15, 0.2) is 92.2 Å². The highest BCUT2D eigenvalue weighted by atomic mass is 16.4. The molecule has 4 aromatic rings. The maximum Gasteiger partial charge on any atom is 0.368 e. The Morgan fingerprint density at radius 2 is 1.67 bits per heavy atom. The van der Waals surface area contributed by atoms with Gasteiger partial charge in [-0.2, -0.15) is 5.11 Å². The van der Waals surface area contributed by atoms with E-state index in [2.05, 4.69) is 10.2 Å². The largest absolute Gasteiger partial charge is 0.505 e. The van der Waals surface area contributed by atoms with Crippen LogP contribution < -0.4 is 5.63 Å². The Morgan fingerprint density at radius 1 is 0.852 bits per heavy atom. The number of nitrogens with zero attached hydrogens (tertiary/aromatic N) is 2. The van der Waals surface area contributed by atoms with Crippen molar-refractivity contribution in [2.45, 2.75) is 6.92 Å². The molecule has 0 aliphatic heterocycles. The lowest BCUT2D eigenvalue weighted by molar-refractivity contribution is 0.470. The number of hydrogen-bond acceptors (Lipinski definition) is 5. The number of rotatable bonds is 3. The molecule has 0 aliphatic rings. The molecule has 0 radical (unpaired) electrons. The van der Waals surface area contributed by atoms with Crippen LogP contribution in [0, 0.1) is 6.92 Å². The van der Waals surface area contributed by atoms with Crippen LogP contribution in [0.5, 0.6) is 5.75 Å². The Labute approximate surface area is 155 Å². The maximum atomic E-state index is 12.2. The van der Waals surface area contributed by atoms with Crippen LogP contribution in [0.1, 0.15) is 5.56 Å². The van der Waals surface area contributed by atoms with Crippen molar-refractivity contribution < 1.29 is 9.52 Å². The molecule has 0 atom stereocenters. The van der Waals surface area contributed by atoms with Crippen LogP contribution in [-0.4, -0.2) is 5.11 Å². The molecule has 1 heterocycles. The van der Waals surface area contributed by atoms with Crippen molar-refractivity contribution in [3.63, 3.8) is 0 Å². The first-order valence-corrected chi connectivity index (χ1v) is 8.45. The molecule has 0 bridgehead atoms. The van der Waals surface area contributed by atoms with Gasteiger partial charge in [0, 0.05) is 0 Å². The van der Waals surface area contributed by atoms with Crippen molar-refractivity contribution in [3.05, 3.63) is 88.8 Å². The maximum absolute atomic E-state index is 12.2. The molecule has 3 aromatic carbocycles. The van der Waals surface area contributed by atoms with Crippen LogP contribution in [0.4, 0.5) is 11.4 Å². The van der Waals surface area contributed by atoms with E-state index in [4.69, 9.17) is 4.42 Å². The van der Waals surface area contributed by atoms with Gasteiger partial charge in [-0.1, -0.05) is 48.5 Å². The van der Waals surface area contributed by atoms with Gasteiger partial charge in [-0.3, -0.25) is 0 Å². The van der Waals surface area contributed by atoms with Crippen LogP contribution in [0.3, 0.4) is 0 Å². The summed E-state index contributed by atoms with van der Waals surface area (Å²) in [6.45, 7) is 1.94. The second kappa shape index (κ2) is 6.88. The third-order valence-corrected chi connectivity index (χ3v) is 4.23. The van der Waals surface area contributed by atoms with Gasteiger partial charge < -0.3 is 9.52 Å². The predicted molar refractivity (Wildman–Crippen MR) is 105 cm³/mol. The Balaban J connectivity index is 1.82. The minimum absolute atomic E-state index is 0.214. The molecule has 1 aromatic heterocycles. The van der Waals surface area contributed by atoms with Crippen molar-refractivity contribution in [3.8, 4) is 16.9 Å². The minimum Gasteiger partial charge on any atom is -0.505 e. The topological polar surface area (TPSA) is 75.2 Å². The average Bonchev–Trinajstić information content (AvgIpc) is 2.68. The summed E-state index contributed by atoms with van der Waals surface area (Å²) in [5, 5.41) is 19.0. The molecule has 0 amide bonds. The zero-order valence-corrected chi connectivity index (χ0v) is 14.6. The fraction of sp³-hybridized carbons (Fsp3) is 0.0455. The lowest BCUT2D eigenvalue weighted by Gasteiger charge is -2.06. The zero-order chi connectivity index (χ0) is 18.8. The molecule has 5 nitrogen and oxygen atoms in total. The molecule has 4 rings (SSSR count). The van der Waals surface area contributed by atoms with Gasteiger partial charge in [0.25, 0.3) is 0 Å². The quantitative estimate of drug-likeness (QED) is 0.367. The fourth-order valence-electron chi connectivity index (χ4n) is 2.87. The van der Waals surface area contributed by atoms with Crippen molar-refractivity contribution in [1.82, 2.24) is 0 Å². The molecular weight excluding hydrogens is 340 g/mol. The van der Waals surface area contributed by atoms with E-state index in [9.17, 15) is 9.90 Å². The van der Waals surface area contributed by atoms with Crippen molar-refractivity contribution in [2.24, 2.45) is 10.2 Å². The van der Waals surface area contributed by atoms with E-state index >= 15 is 0 Å². The molecule has 27 heavy (non-hydrogen) atoms. The van der Waals surface area contributed by atoms with E-state index in [0.717, 1.165) is 16.7 Å². The van der Waals surface area contributed by atoms with Gasteiger partial charge in [0.15, 0.2) is 5.75 Å². The summed E-state index contributed by atoms with van der Waals surface area (Å²) >= 11 is 0. The molecule has 0 saturated heterocycles. The van der Waals surface area contributed by atoms with Crippen LogP contribution in [-0.2, 0) is 0 Å². The number of aromatic hydroxyl groups is 1. The highest BCUT2D eigenvalue weighted by Gasteiger charge is 2.14. The fourth-order valence-corrected chi connectivity index (χ4v) is 2.87. The van der Waals surface area contributed by atoms with Crippen LogP contribution in [0.2, 0.25) is 0 Å². The first-order chi connectivity index (χ1) is 13.1. The third-order valence-electron chi connectivity index (χ3n) is 4.23. The first kappa shape index (κ1) is 16.7. The molecule has 0 aliphatic carbocycles. The molecule has 0 unspecified atom stereocenters. The summed E-state index contributed by atoms with van der Waals surface area (Å²) in [7, 11) is 0. The van der Waals surface area contributed by atoms with Crippen molar-refractivity contribution >= 4 is 22.3 Å². The summed E-state index contributed by atoms with van der Waals surface area (Å²) in [6.07, 6.45) is 0. The smallest absolute Gasteiger partial charge is 0.368 e. The van der Waals surface area contributed by atoms with E-state index in [-0.39, 0.29) is 11.4 Å². The van der Waals surface area contributed by atoms with Gasteiger partial charge in [0.05, 0.1) is 11.1 Å². The van der Waals surface area contributed by atoms with E-state index in [1.54, 1.807) is 18.2 Å². The first-order valence-electron chi connectivity index (χ1n) is 8.45. The Kier molecular flexibility index (Phi) is 4.26. The molecule has 0 spiro atoms. The van der Waals surface area contributed by atoms with Gasteiger partial charge in [-0.05, 0) is 47.9 Å². The SMILES string of the molecule is Cc1cccc(N=Nc2c(O)c3cc(-c4ccccc4)ccc3oc2=O)c1. The zero-order valence-electron chi connectivity index (χ0n) is 14.6. The average molecular weight is 356 g/mol. The lowest BCUT2D eigenvalue weighted by atomic mass is 10.0. The van der Waals surface area contributed by atoms with Crippen molar-refractivity contribution in [2.75, 3.05) is 0 Å².